The van der Waals surface area contributed by atoms with Gasteiger partial charge in [0.15, 0.2) is 0 Å². The zero-order valence-electron chi connectivity index (χ0n) is 13.7. The summed E-state index contributed by atoms with van der Waals surface area (Å²) in [5.41, 5.74) is 0.190. The molecule has 0 aromatic rings. The van der Waals surface area contributed by atoms with Crippen LogP contribution in [-0.2, 0) is 0 Å². The summed E-state index contributed by atoms with van der Waals surface area (Å²) in [5, 5.41) is 12.9. The molecule has 0 heterocycles. The van der Waals surface area contributed by atoms with Crippen molar-refractivity contribution in [2.45, 2.75) is 83.3 Å². The van der Waals surface area contributed by atoms with Crippen LogP contribution in [0.4, 0.5) is 0 Å². The predicted octanol–water partition coefficient (Wildman–Crippen LogP) is 3.31. The highest BCUT2D eigenvalue weighted by Crippen LogP contribution is 2.36. The van der Waals surface area contributed by atoms with E-state index < -0.39 is 0 Å². The lowest BCUT2D eigenvalue weighted by atomic mass is 9.75. The topological polar surface area (TPSA) is 39.1 Å². The third-order valence-electron chi connectivity index (χ3n) is 5.24. The molecule has 114 valence electrons. The molecule has 20 heavy (non-hydrogen) atoms. The minimum Gasteiger partial charge on any atom is -0.303 e. The van der Waals surface area contributed by atoms with Crippen LogP contribution in [0.5, 0.6) is 0 Å². The lowest BCUT2D eigenvalue weighted by molar-refractivity contribution is 0.121. The molecule has 0 saturated heterocycles. The van der Waals surface area contributed by atoms with E-state index in [1.165, 1.54) is 38.5 Å². The van der Waals surface area contributed by atoms with E-state index in [1.54, 1.807) is 0 Å². The quantitative estimate of drug-likeness (QED) is 0.809. The summed E-state index contributed by atoms with van der Waals surface area (Å²) < 4.78 is 0. The van der Waals surface area contributed by atoms with Crippen molar-refractivity contribution in [3.8, 4) is 6.07 Å². The SMILES string of the molecule is CN(CCC(C)(C#N)NC1CC1)C1CCC(C)(C)CC1. The minimum atomic E-state index is -0.344. The first-order chi connectivity index (χ1) is 9.34. The van der Waals surface area contributed by atoms with Crippen molar-refractivity contribution in [2.24, 2.45) is 5.41 Å². The van der Waals surface area contributed by atoms with Gasteiger partial charge in [0.25, 0.3) is 0 Å². The van der Waals surface area contributed by atoms with Crippen LogP contribution in [-0.4, -0.2) is 36.1 Å². The van der Waals surface area contributed by atoms with E-state index in [4.69, 9.17) is 0 Å². The number of hydrogen-bond acceptors (Lipinski definition) is 3. The van der Waals surface area contributed by atoms with Gasteiger partial charge in [-0.05, 0) is 64.3 Å². The van der Waals surface area contributed by atoms with Crippen LogP contribution in [0.15, 0.2) is 0 Å². The van der Waals surface area contributed by atoms with Gasteiger partial charge < -0.3 is 4.90 Å². The fraction of sp³-hybridized carbons (Fsp3) is 0.941. The Labute approximate surface area is 124 Å². The minimum absolute atomic E-state index is 0.344. The highest BCUT2D eigenvalue weighted by molar-refractivity contribution is 5.07. The van der Waals surface area contributed by atoms with Crippen molar-refractivity contribution in [1.29, 1.82) is 5.26 Å². The fourth-order valence-electron chi connectivity index (χ4n) is 3.25. The Morgan fingerprint density at radius 1 is 1.25 bits per heavy atom. The highest BCUT2D eigenvalue weighted by atomic mass is 15.1. The van der Waals surface area contributed by atoms with E-state index in [1.807, 2.05) is 0 Å². The van der Waals surface area contributed by atoms with Crippen LogP contribution in [0, 0.1) is 16.7 Å². The van der Waals surface area contributed by atoms with Gasteiger partial charge in [-0.2, -0.15) is 5.26 Å². The number of hydrogen-bond donors (Lipinski definition) is 1. The van der Waals surface area contributed by atoms with Crippen LogP contribution < -0.4 is 5.32 Å². The number of nitrogens with one attached hydrogen (secondary N) is 1. The van der Waals surface area contributed by atoms with Crippen LogP contribution >= 0.6 is 0 Å². The maximum absolute atomic E-state index is 9.42. The molecule has 2 rings (SSSR count). The molecule has 2 aliphatic carbocycles. The zero-order valence-corrected chi connectivity index (χ0v) is 13.7. The van der Waals surface area contributed by atoms with Crippen molar-refractivity contribution in [3.63, 3.8) is 0 Å². The maximum atomic E-state index is 9.42. The van der Waals surface area contributed by atoms with Gasteiger partial charge in [0, 0.05) is 18.6 Å². The third-order valence-corrected chi connectivity index (χ3v) is 5.24. The van der Waals surface area contributed by atoms with E-state index in [0.29, 0.717) is 17.5 Å². The largest absolute Gasteiger partial charge is 0.303 e. The molecule has 3 heteroatoms. The van der Waals surface area contributed by atoms with Gasteiger partial charge in [0.05, 0.1) is 6.07 Å². The van der Waals surface area contributed by atoms with E-state index in [9.17, 15) is 5.26 Å². The summed E-state index contributed by atoms with van der Waals surface area (Å²) in [6.45, 7) is 7.85. The maximum Gasteiger partial charge on any atom is 0.105 e. The molecule has 0 amide bonds. The van der Waals surface area contributed by atoms with Crippen LogP contribution in [0.1, 0.15) is 65.7 Å². The normalized spacial score (nSPS) is 26.2. The van der Waals surface area contributed by atoms with Gasteiger partial charge >= 0.3 is 0 Å². The van der Waals surface area contributed by atoms with Crippen LogP contribution in [0.25, 0.3) is 0 Å². The smallest absolute Gasteiger partial charge is 0.105 e. The molecule has 0 aromatic heterocycles. The van der Waals surface area contributed by atoms with Crippen molar-refractivity contribution < 1.29 is 0 Å². The standard InChI is InChI=1S/C17H31N3/c1-16(2)9-7-15(8-10-16)20(4)12-11-17(3,13-18)19-14-5-6-14/h14-15,19H,5-12H2,1-4H3. The first-order valence-corrected chi connectivity index (χ1v) is 8.23. The summed E-state index contributed by atoms with van der Waals surface area (Å²) in [6.07, 6.45) is 8.69. The zero-order chi connectivity index (χ0) is 14.8. The Morgan fingerprint density at radius 2 is 1.85 bits per heavy atom. The summed E-state index contributed by atoms with van der Waals surface area (Å²) >= 11 is 0. The third kappa shape index (κ3) is 4.46. The average molecular weight is 277 g/mol. The molecule has 0 aliphatic heterocycles. The Bertz CT molecular complexity index is 357. The number of rotatable bonds is 6. The lowest BCUT2D eigenvalue weighted by Crippen LogP contribution is -2.46. The second-order valence-electron chi connectivity index (χ2n) is 7.99. The molecule has 2 fully saturated rings. The van der Waals surface area contributed by atoms with Gasteiger partial charge in [-0.25, -0.2) is 0 Å². The van der Waals surface area contributed by atoms with Gasteiger partial charge in [-0.15, -0.1) is 0 Å². The molecule has 1 unspecified atom stereocenters. The summed E-state index contributed by atoms with van der Waals surface area (Å²) in [5.74, 6) is 0. The summed E-state index contributed by atoms with van der Waals surface area (Å²) in [4.78, 5) is 2.49. The Kier molecular flexibility index (Phi) is 4.76. The van der Waals surface area contributed by atoms with Crippen LogP contribution in [0.2, 0.25) is 0 Å². The van der Waals surface area contributed by atoms with Gasteiger partial charge in [-0.1, -0.05) is 13.8 Å². The van der Waals surface area contributed by atoms with Crippen LogP contribution in [0.3, 0.4) is 0 Å². The molecular weight excluding hydrogens is 246 g/mol. The first-order valence-electron chi connectivity index (χ1n) is 8.23. The van der Waals surface area contributed by atoms with Crippen molar-refractivity contribution in [3.05, 3.63) is 0 Å². The number of nitriles is 1. The molecule has 0 radical (unpaired) electrons. The van der Waals surface area contributed by atoms with Crippen molar-refractivity contribution >= 4 is 0 Å². The van der Waals surface area contributed by atoms with Gasteiger partial charge in [0.1, 0.15) is 5.54 Å². The van der Waals surface area contributed by atoms with E-state index in [-0.39, 0.29) is 5.54 Å². The van der Waals surface area contributed by atoms with Gasteiger partial charge in [-0.3, -0.25) is 5.32 Å². The van der Waals surface area contributed by atoms with Crippen molar-refractivity contribution in [2.75, 3.05) is 13.6 Å². The second kappa shape index (κ2) is 6.03. The molecular formula is C17H31N3. The molecule has 0 aromatic carbocycles. The van der Waals surface area contributed by atoms with E-state index in [2.05, 4.69) is 44.1 Å². The molecule has 1 atom stereocenters. The number of nitrogens with zero attached hydrogens (tertiary/aromatic N) is 2. The fourth-order valence-corrected chi connectivity index (χ4v) is 3.25. The Hall–Kier alpha value is -0.590. The summed E-state index contributed by atoms with van der Waals surface area (Å²) in [7, 11) is 2.23. The second-order valence-corrected chi connectivity index (χ2v) is 7.99. The van der Waals surface area contributed by atoms with Gasteiger partial charge in [0.2, 0.25) is 0 Å². The lowest BCUT2D eigenvalue weighted by Gasteiger charge is -2.39. The van der Waals surface area contributed by atoms with Crippen molar-refractivity contribution in [1.82, 2.24) is 10.2 Å². The molecule has 0 spiro atoms. The first kappa shape index (κ1) is 15.8. The highest BCUT2D eigenvalue weighted by Gasteiger charge is 2.34. The molecule has 1 N–H and O–H groups in total. The summed E-state index contributed by atoms with van der Waals surface area (Å²) in [6, 6.07) is 3.80. The Morgan fingerprint density at radius 3 is 2.35 bits per heavy atom. The molecule has 2 aliphatic rings. The average Bonchev–Trinajstić information content (AvgIpc) is 3.20. The molecule has 3 nitrogen and oxygen atoms in total. The predicted molar refractivity (Wildman–Crippen MR) is 83.5 cm³/mol. The molecule has 0 bridgehead atoms. The van der Waals surface area contributed by atoms with E-state index >= 15 is 0 Å². The Balaban J connectivity index is 1.76. The molecule has 2 saturated carbocycles. The monoisotopic (exact) mass is 277 g/mol. The van der Waals surface area contributed by atoms with E-state index in [0.717, 1.165) is 13.0 Å².